The van der Waals surface area contributed by atoms with E-state index in [1.165, 1.54) is 43.2 Å². The summed E-state index contributed by atoms with van der Waals surface area (Å²) in [6.07, 6.45) is 12.1. The number of benzene rings is 1. The van der Waals surface area contributed by atoms with Gasteiger partial charge in [-0.3, -0.25) is 0 Å². The van der Waals surface area contributed by atoms with Crippen LogP contribution in [0.5, 0.6) is 5.75 Å². The Morgan fingerprint density at radius 2 is 1.96 bits per heavy atom. The maximum absolute atomic E-state index is 6.30. The predicted molar refractivity (Wildman–Crippen MR) is 109 cm³/mol. The number of ether oxygens (including phenoxy) is 1. The average Bonchev–Trinajstić information content (AvgIpc) is 2.59. The van der Waals surface area contributed by atoms with Crippen molar-refractivity contribution in [3.63, 3.8) is 0 Å². The van der Waals surface area contributed by atoms with E-state index in [0.29, 0.717) is 11.7 Å². The van der Waals surface area contributed by atoms with Gasteiger partial charge < -0.3 is 4.74 Å². The molecule has 1 unspecified atom stereocenters. The zero-order valence-electron chi connectivity index (χ0n) is 14.7. The van der Waals surface area contributed by atoms with Crippen LogP contribution in [0, 0.1) is 5.92 Å². The van der Waals surface area contributed by atoms with Crippen LogP contribution >= 0.6 is 25.3 Å². The van der Waals surface area contributed by atoms with Crippen molar-refractivity contribution >= 4 is 25.3 Å². The Balaban J connectivity index is 2.20. The Bertz CT molecular complexity index is 656. The topological polar surface area (TPSA) is 9.23 Å². The molecular formula is C21H28OS2. The molecule has 0 spiro atoms. The molecular weight excluding hydrogens is 332 g/mol. The smallest absolute Gasteiger partial charge is 0.132 e. The van der Waals surface area contributed by atoms with E-state index in [0.717, 1.165) is 22.8 Å². The van der Waals surface area contributed by atoms with Crippen LogP contribution < -0.4 is 4.74 Å². The van der Waals surface area contributed by atoms with Gasteiger partial charge in [-0.15, -0.1) is 12.6 Å². The number of allylic oxidation sites excluding steroid dienone is 2. The van der Waals surface area contributed by atoms with E-state index in [4.69, 9.17) is 4.74 Å². The molecule has 130 valence electrons. The fraction of sp³-hybridized carbons (Fsp3) is 0.524. The van der Waals surface area contributed by atoms with Gasteiger partial charge in [0.05, 0.1) is 0 Å². The third-order valence-corrected chi connectivity index (χ3v) is 6.14. The lowest BCUT2D eigenvalue weighted by Gasteiger charge is -2.46. The van der Waals surface area contributed by atoms with Gasteiger partial charge in [-0.1, -0.05) is 45.3 Å². The summed E-state index contributed by atoms with van der Waals surface area (Å²) in [6.45, 7) is 4.63. The highest BCUT2D eigenvalue weighted by molar-refractivity contribution is 7.80. The van der Waals surface area contributed by atoms with Gasteiger partial charge in [0.25, 0.3) is 0 Å². The van der Waals surface area contributed by atoms with Crippen LogP contribution in [0.1, 0.15) is 57.9 Å². The Morgan fingerprint density at radius 1 is 1.21 bits per heavy atom. The Kier molecular flexibility index (Phi) is 5.71. The zero-order chi connectivity index (χ0) is 17.2. The maximum atomic E-state index is 6.30. The summed E-state index contributed by atoms with van der Waals surface area (Å²) in [7, 11) is 0. The minimum absolute atomic E-state index is 0.0142. The van der Waals surface area contributed by atoms with Crippen LogP contribution in [0.4, 0.5) is 0 Å². The summed E-state index contributed by atoms with van der Waals surface area (Å²) in [4.78, 5) is 0.952. The SMILES string of the molecule is CC/C=C1\C(=C/CS)Oc2cc(S)ccc2C1(C)C1CCCCC1. The summed E-state index contributed by atoms with van der Waals surface area (Å²) in [5.41, 5.74) is 2.69. The van der Waals surface area contributed by atoms with Crippen LogP contribution in [0.25, 0.3) is 0 Å². The predicted octanol–water partition coefficient (Wildman–Crippen LogP) is 6.36. The molecule has 1 saturated carbocycles. The molecule has 0 radical (unpaired) electrons. The molecule has 24 heavy (non-hydrogen) atoms. The lowest BCUT2D eigenvalue weighted by Crippen LogP contribution is -2.40. The first kappa shape index (κ1) is 18.0. The minimum Gasteiger partial charge on any atom is -0.457 e. The van der Waals surface area contributed by atoms with Gasteiger partial charge in [0.2, 0.25) is 0 Å². The van der Waals surface area contributed by atoms with Gasteiger partial charge in [0.15, 0.2) is 0 Å². The highest BCUT2D eigenvalue weighted by atomic mass is 32.1. The van der Waals surface area contributed by atoms with Gasteiger partial charge in [-0.25, -0.2) is 0 Å². The van der Waals surface area contributed by atoms with Crippen LogP contribution in [0.2, 0.25) is 0 Å². The van der Waals surface area contributed by atoms with Crippen molar-refractivity contribution in [2.24, 2.45) is 5.92 Å². The van der Waals surface area contributed by atoms with E-state index >= 15 is 0 Å². The second-order valence-electron chi connectivity index (χ2n) is 7.10. The van der Waals surface area contributed by atoms with Crippen molar-refractivity contribution in [1.82, 2.24) is 0 Å². The molecule has 0 bridgehead atoms. The second-order valence-corrected chi connectivity index (χ2v) is 7.98. The molecule has 0 saturated heterocycles. The van der Waals surface area contributed by atoms with Gasteiger partial charge in [-0.2, -0.15) is 12.6 Å². The van der Waals surface area contributed by atoms with E-state index in [-0.39, 0.29) is 5.41 Å². The van der Waals surface area contributed by atoms with Crippen LogP contribution in [-0.4, -0.2) is 5.75 Å². The Labute approximate surface area is 157 Å². The first-order valence-electron chi connectivity index (χ1n) is 9.14. The molecule has 1 aliphatic carbocycles. The molecule has 1 heterocycles. The molecule has 0 aromatic heterocycles. The van der Waals surface area contributed by atoms with E-state index in [2.05, 4.69) is 69.5 Å². The van der Waals surface area contributed by atoms with Crippen LogP contribution in [0.15, 0.2) is 46.6 Å². The van der Waals surface area contributed by atoms with Gasteiger partial charge >= 0.3 is 0 Å². The minimum atomic E-state index is 0.0142. The summed E-state index contributed by atoms with van der Waals surface area (Å²) in [5.74, 6) is 3.32. The van der Waals surface area contributed by atoms with Gasteiger partial charge in [0.1, 0.15) is 11.5 Å². The highest BCUT2D eigenvalue weighted by Crippen LogP contribution is 2.54. The highest BCUT2D eigenvalue weighted by Gasteiger charge is 2.45. The first-order chi connectivity index (χ1) is 11.6. The van der Waals surface area contributed by atoms with E-state index < -0.39 is 0 Å². The summed E-state index contributed by atoms with van der Waals surface area (Å²) < 4.78 is 6.30. The molecule has 2 aliphatic rings. The van der Waals surface area contributed by atoms with E-state index in [1.54, 1.807) is 0 Å². The van der Waals surface area contributed by atoms with Crippen molar-refractivity contribution in [3.8, 4) is 5.75 Å². The monoisotopic (exact) mass is 360 g/mol. The summed E-state index contributed by atoms with van der Waals surface area (Å²) in [5, 5.41) is 0. The number of thiol groups is 2. The molecule has 1 atom stereocenters. The average molecular weight is 361 g/mol. The Hall–Kier alpha value is -0.800. The fourth-order valence-electron chi connectivity index (χ4n) is 4.47. The number of fused-ring (bicyclic) bond motifs is 1. The van der Waals surface area contributed by atoms with Crippen LogP contribution in [-0.2, 0) is 5.41 Å². The zero-order valence-corrected chi connectivity index (χ0v) is 16.5. The third kappa shape index (κ3) is 3.17. The van der Waals surface area contributed by atoms with Crippen molar-refractivity contribution in [2.45, 2.75) is 62.7 Å². The largest absolute Gasteiger partial charge is 0.457 e. The molecule has 0 N–H and O–H groups in total. The summed E-state index contributed by atoms with van der Waals surface area (Å²) >= 11 is 8.93. The standard InChI is InChI=1S/C21H28OS2/c1-3-7-17-19(12-13-23)22-20-14-16(24)10-11-18(20)21(17,2)15-8-5-4-6-9-15/h7,10-12,14-15,23-24H,3-6,8-9,13H2,1-2H3/b17-7+,19-12+. The fourth-order valence-corrected chi connectivity index (χ4v) is 4.83. The lowest BCUT2D eigenvalue weighted by molar-refractivity contribution is 0.223. The van der Waals surface area contributed by atoms with Crippen molar-refractivity contribution in [1.29, 1.82) is 0 Å². The second kappa shape index (κ2) is 7.61. The van der Waals surface area contributed by atoms with E-state index in [1.807, 2.05) is 0 Å². The normalized spacial score (nSPS) is 28.0. The van der Waals surface area contributed by atoms with Crippen molar-refractivity contribution in [3.05, 3.63) is 47.2 Å². The molecule has 1 aliphatic heterocycles. The molecule has 3 rings (SSSR count). The molecule has 1 nitrogen and oxygen atoms in total. The Morgan fingerprint density at radius 3 is 2.62 bits per heavy atom. The molecule has 0 amide bonds. The van der Waals surface area contributed by atoms with Gasteiger partial charge in [-0.05, 0) is 43.4 Å². The van der Waals surface area contributed by atoms with Crippen molar-refractivity contribution < 1.29 is 4.74 Å². The first-order valence-corrected chi connectivity index (χ1v) is 10.2. The third-order valence-electron chi connectivity index (χ3n) is 5.68. The molecule has 3 heteroatoms. The maximum Gasteiger partial charge on any atom is 0.132 e. The van der Waals surface area contributed by atoms with Gasteiger partial charge in [0, 0.05) is 27.2 Å². The van der Waals surface area contributed by atoms with E-state index in [9.17, 15) is 0 Å². The quantitative estimate of drug-likeness (QED) is 0.597. The number of hydrogen-bond donors (Lipinski definition) is 2. The van der Waals surface area contributed by atoms with Crippen LogP contribution in [0.3, 0.4) is 0 Å². The molecule has 1 aromatic rings. The molecule has 1 aromatic carbocycles. The lowest BCUT2D eigenvalue weighted by atomic mass is 9.60. The number of rotatable bonds is 3. The van der Waals surface area contributed by atoms with Crippen molar-refractivity contribution in [2.75, 3.05) is 5.75 Å². The number of hydrogen-bond acceptors (Lipinski definition) is 3. The molecule has 1 fully saturated rings. The summed E-state index contributed by atoms with van der Waals surface area (Å²) in [6, 6.07) is 6.39.